The van der Waals surface area contributed by atoms with Gasteiger partial charge >= 0.3 is 0 Å². The Morgan fingerprint density at radius 1 is 1.00 bits per heavy atom. The number of halogens is 1. The summed E-state index contributed by atoms with van der Waals surface area (Å²) in [6, 6.07) is 19.9. The number of benzene rings is 3. The van der Waals surface area contributed by atoms with Crippen molar-refractivity contribution in [2.75, 3.05) is 5.32 Å². The van der Waals surface area contributed by atoms with E-state index in [1.807, 2.05) is 44.2 Å². The quantitative estimate of drug-likeness (QED) is 0.421. The number of hydrogen-bond acceptors (Lipinski definition) is 3. The van der Waals surface area contributed by atoms with Crippen LogP contribution in [0.2, 0.25) is 0 Å². The fraction of sp³-hybridized carbons (Fsp3) is 0.154. The number of carbonyl (C=O) groups is 1. The summed E-state index contributed by atoms with van der Waals surface area (Å²) in [4.78, 5) is 12.6. The zero-order valence-corrected chi connectivity index (χ0v) is 18.0. The first-order valence-corrected chi connectivity index (χ1v) is 10.3. The van der Waals surface area contributed by atoms with Crippen molar-refractivity contribution >= 4 is 11.6 Å². The highest BCUT2D eigenvalue weighted by Gasteiger charge is 2.10. The number of hydrogen-bond donors (Lipinski definition) is 1. The predicted octanol–water partition coefficient (Wildman–Crippen LogP) is 5.52. The minimum absolute atomic E-state index is 0.238. The Morgan fingerprint density at radius 3 is 2.44 bits per heavy atom. The van der Waals surface area contributed by atoms with Crippen LogP contribution in [0.3, 0.4) is 0 Å². The molecule has 0 aliphatic carbocycles. The van der Waals surface area contributed by atoms with E-state index in [9.17, 15) is 9.18 Å². The number of para-hydroxylation sites is 1. The molecule has 3 aromatic carbocycles. The monoisotopic (exact) mass is 429 g/mol. The molecule has 0 spiro atoms. The number of carbonyl (C=O) groups excluding carboxylic acids is 1. The van der Waals surface area contributed by atoms with E-state index in [2.05, 4.69) is 10.4 Å². The molecule has 1 N–H and O–H groups in total. The molecular formula is C26H24FN3O2. The van der Waals surface area contributed by atoms with Gasteiger partial charge in [-0.15, -0.1) is 0 Å². The van der Waals surface area contributed by atoms with E-state index in [1.54, 1.807) is 47.4 Å². The van der Waals surface area contributed by atoms with E-state index in [0.29, 0.717) is 23.4 Å². The highest BCUT2D eigenvalue weighted by molar-refractivity contribution is 6.04. The van der Waals surface area contributed by atoms with Crippen LogP contribution in [0.4, 0.5) is 10.1 Å². The lowest BCUT2D eigenvalue weighted by Gasteiger charge is -2.12. The molecule has 0 unspecified atom stereocenters. The number of nitrogens with zero attached hydrogens (tertiary/aromatic N) is 2. The number of amides is 1. The van der Waals surface area contributed by atoms with Gasteiger partial charge in [0, 0.05) is 17.3 Å². The standard InChI is InChI=1S/C26H24FN3O2/c1-18-6-5-7-19(2)25(18)32-17-20-10-12-21(13-11-20)26(31)29-23-14-28-30(16-23)15-22-8-3-4-9-24(22)27/h3-14,16H,15,17H2,1-2H3,(H,29,31). The summed E-state index contributed by atoms with van der Waals surface area (Å²) in [5, 5.41) is 7.02. The summed E-state index contributed by atoms with van der Waals surface area (Å²) in [6.07, 6.45) is 3.22. The van der Waals surface area contributed by atoms with Crippen LogP contribution in [-0.4, -0.2) is 15.7 Å². The van der Waals surface area contributed by atoms with Gasteiger partial charge in [0.1, 0.15) is 18.2 Å². The van der Waals surface area contributed by atoms with Crippen molar-refractivity contribution in [1.82, 2.24) is 9.78 Å². The van der Waals surface area contributed by atoms with Crippen molar-refractivity contribution < 1.29 is 13.9 Å². The van der Waals surface area contributed by atoms with Crippen LogP contribution in [0.25, 0.3) is 0 Å². The average molecular weight is 429 g/mol. The van der Waals surface area contributed by atoms with E-state index in [1.165, 1.54) is 6.07 Å². The van der Waals surface area contributed by atoms with Crippen LogP contribution in [-0.2, 0) is 13.2 Å². The van der Waals surface area contributed by atoms with Crippen molar-refractivity contribution in [1.29, 1.82) is 0 Å². The van der Waals surface area contributed by atoms with Gasteiger partial charge in [0.05, 0.1) is 18.4 Å². The average Bonchev–Trinajstić information content (AvgIpc) is 3.22. The molecule has 1 amide bonds. The Labute approximate surface area is 186 Å². The number of aromatic nitrogens is 2. The van der Waals surface area contributed by atoms with Crippen LogP contribution < -0.4 is 10.1 Å². The minimum Gasteiger partial charge on any atom is -0.488 e. The van der Waals surface area contributed by atoms with Gasteiger partial charge in [-0.1, -0.05) is 48.5 Å². The molecule has 0 saturated carbocycles. The molecule has 0 aliphatic heterocycles. The smallest absolute Gasteiger partial charge is 0.255 e. The second-order valence-corrected chi connectivity index (χ2v) is 7.68. The maximum atomic E-state index is 13.8. The van der Waals surface area contributed by atoms with Crippen LogP contribution in [0.5, 0.6) is 5.75 Å². The van der Waals surface area contributed by atoms with Gasteiger partial charge in [-0.2, -0.15) is 5.10 Å². The lowest BCUT2D eigenvalue weighted by atomic mass is 10.1. The van der Waals surface area contributed by atoms with Crippen molar-refractivity contribution in [3.63, 3.8) is 0 Å². The number of aryl methyl sites for hydroxylation is 2. The van der Waals surface area contributed by atoms with E-state index in [0.717, 1.165) is 22.4 Å². The van der Waals surface area contributed by atoms with Gasteiger partial charge in [0.25, 0.3) is 5.91 Å². The molecule has 4 rings (SSSR count). The minimum atomic E-state index is -0.282. The number of nitrogens with one attached hydrogen (secondary N) is 1. The second kappa shape index (κ2) is 9.47. The number of ether oxygens (including phenoxy) is 1. The summed E-state index contributed by atoms with van der Waals surface area (Å²) in [5.41, 5.74) is 4.78. The first-order chi connectivity index (χ1) is 15.5. The van der Waals surface area contributed by atoms with Crippen molar-refractivity contribution in [2.45, 2.75) is 27.0 Å². The Hall–Kier alpha value is -3.93. The molecule has 4 aromatic rings. The predicted molar refractivity (Wildman–Crippen MR) is 122 cm³/mol. The summed E-state index contributed by atoms with van der Waals surface area (Å²) >= 11 is 0. The lowest BCUT2D eigenvalue weighted by molar-refractivity contribution is 0.102. The third-order valence-electron chi connectivity index (χ3n) is 5.19. The molecule has 0 radical (unpaired) electrons. The Morgan fingerprint density at radius 2 is 1.72 bits per heavy atom. The first kappa shape index (κ1) is 21.3. The lowest BCUT2D eigenvalue weighted by Crippen LogP contribution is -2.11. The fourth-order valence-corrected chi connectivity index (χ4v) is 3.45. The topological polar surface area (TPSA) is 56.1 Å². The van der Waals surface area contributed by atoms with Crippen LogP contribution in [0, 0.1) is 19.7 Å². The largest absolute Gasteiger partial charge is 0.488 e. The molecule has 1 heterocycles. The first-order valence-electron chi connectivity index (χ1n) is 10.3. The van der Waals surface area contributed by atoms with Crippen LogP contribution in [0.1, 0.15) is 32.6 Å². The molecule has 162 valence electrons. The normalized spacial score (nSPS) is 10.7. The van der Waals surface area contributed by atoms with Gasteiger partial charge in [0.15, 0.2) is 0 Å². The maximum absolute atomic E-state index is 13.8. The zero-order chi connectivity index (χ0) is 22.5. The summed E-state index contributed by atoms with van der Waals surface area (Å²) in [6.45, 7) is 4.76. The summed E-state index contributed by atoms with van der Waals surface area (Å²) < 4.78 is 21.4. The van der Waals surface area contributed by atoms with Gasteiger partial charge in [-0.25, -0.2) is 4.39 Å². The molecule has 0 saturated heterocycles. The van der Waals surface area contributed by atoms with Crippen molar-refractivity contribution in [3.8, 4) is 5.75 Å². The summed E-state index contributed by atoms with van der Waals surface area (Å²) in [7, 11) is 0. The fourth-order valence-electron chi connectivity index (χ4n) is 3.45. The van der Waals surface area contributed by atoms with E-state index in [-0.39, 0.29) is 18.3 Å². The molecular weight excluding hydrogens is 405 g/mol. The van der Waals surface area contributed by atoms with Crippen LogP contribution in [0.15, 0.2) is 79.1 Å². The third kappa shape index (κ3) is 5.03. The van der Waals surface area contributed by atoms with Gasteiger partial charge in [0.2, 0.25) is 0 Å². The third-order valence-corrected chi connectivity index (χ3v) is 5.19. The van der Waals surface area contributed by atoms with E-state index < -0.39 is 0 Å². The van der Waals surface area contributed by atoms with Crippen LogP contribution >= 0.6 is 0 Å². The number of rotatable bonds is 7. The highest BCUT2D eigenvalue weighted by atomic mass is 19.1. The van der Waals surface area contributed by atoms with Gasteiger partial charge in [-0.05, 0) is 48.7 Å². The summed E-state index contributed by atoms with van der Waals surface area (Å²) in [5.74, 6) is 0.370. The molecule has 0 atom stereocenters. The molecule has 32 heavy (non-hydrogen) atoms. The van der Waals surface area contributed by atoms with E-state index in [4.69, 9.17) is 4.74 Å². The second-order valence-electron chi connectivity index (χ2n) is 7.68. The molecule has 0 aliphatic rings. The Bertz CT molecular complexity index is 1210. The molecule has 1 aromatic heterocycles. The molecule has 0 fully saturated rings. The maximum Gasteiger partial charge on any atom is 0.255 e. The van der Waals surface area contributed by atoms with Gasteiger partial charge in [-0.3, -0.25) is 9.48 Å². The Balaban J connectivity index is 1.35. The molecule has 0 bridgehead atoms. The molecule has 5 nitrogen and oxygen atoms in total. The van der Waals surface area contributed by atoms with Gasteiger partial charge < -0.3 is 10.1 Å². The molecule has 6 heteroatoms. The van der Waals surface area contributed by atoms with E-state index >= 15 is 0 Å². The van der Waals surface area contributed by atoms with Crippen molar-refractivity contribution in [3.05, 3.63) is 113 Å². The Kier molecular flexibility index (Phi) is 6.31. The number of anilines is 1. The highest BCUT2D eigenvalue weighted by Crippen LogP contribution is 2.23. The SMILES string of the molecule is Cc1cccc(C)c1OCc1ccc(C(=O)Nc2cnn(Cc3ccccc3F)c2)cc1. The zero-order valence-electron chi connectivity index (χ0n) is 18.0. The van der Waals surface area contributed by atoms with Crippen molar-refractivity contribution in [2.24, 2.45) is 0 Å².